The molecule has 0 heterocycles. The van der Waals surface area contributed by atoms with Crippen LogP contribution in [0.2, 0.25) is 0 Å². The van der Waals surface area contributed by atoms with Crippen molar-refractivity contribution in [2.45, 2.75) is 38.1 Å². The summed E-state index contributed by atoms with van der Waals surface area (Å²) in [5.74, 6) is 6.06. The van der Waals surface area contributed by atoms with Crippen molar-refractivity contribution in [3.05, 3.63) is 0 Å². The summed E-state index contributed by atoms with van der Waals surface area (Å²) in [6, 6.07) is 0. The van der Waals surface area contributed by atoms with Gasteiger partial charge in [0.25, 0.3) is 0 Å². The summed E-state index contributed by atoms with van der Waals surface area (Å²) < 4.78 is 0. The summed E-state index contributed by atoms with van der Waals surface area (Å²) in [6.45, 7) is 2.26. The fraction of sp³-hybridized carbons (Fsp3) is 0.889. The van der Waals surface area contributed by atoms with Gasteiger partial charge in [0.1, 0.15) is 0 Å². The van der Waals surface area contributed by atoms with Crippen LogP contribution in [0.5, 0.6) is 0 Å². The number of nitrogens with one attached hydrogen (secondary N) is 1. The molecule has 0 unspecified atom stereocenters. The molecule has 5 heteroatoms. The molecule has 1 saturated carbocycles. The molecule has 1 fully saturated rings. The SMILES string of the molecule is CC1CCC(CO)(N=C(N)NN)CC1. The Morgan fingerprint density at radius 2 is 2.14 bits per heavy atom. The van der Waals surface area contributed by atoms with Gasteiger partial charge >= 0.3 is 0 Å². The molecule has 1 aliphatic carbocycles. The average molecular weight is 200 g/mol. The van der Waals surface area contributed by atoms with E-state index in [9.17, 15) is 5.11 Å². The van der Waals surface area contributed by atoms with E-state index in [4.69, 9.17) is 11.6 Å². The highest BCUT2D eigenvalue weighted by molar-refractivity contribution is 5.77. The Morgan fingerprint density at radius 3 is 2.57 bits per heavy atom. The summed E-state index contributed by atoms with van der Waals surface area (Å²) in [5, 5.41) is 9.34. The van der Waals surface area contributed by atoms with Crippen LogP contribution >= 0.6 is 0 Å². The van der Waals surface area contributed by atoms with E-state index in [-0.39, 0.29) is 12.6 Å². The minimum atomic E-state index is -0.400. The van der Waals surface area contributed by atoms with Crippen LogP contribution in [0.3, 0.4) is 0 Å². The largest absolute Gasteiger partial charge is 0.394 e. The molecule has 1 aliphatic rings. The number of aliphatic hydroxyl groups is 1. The third-order valence-corrected chi connectivity index (χ3v) is 3.00. The van der Waals surface area contributed by atoms with Gasteiger partial charge in [-0.25, -0.2) is 10.8 Å². The van der Waals surface area contributed by atoms with Gasteiger partial charge in [-0.15, -0.1) is 0 Å². The maximum atomic E-state index is 9.34. The quantitative estimate of drug-likeness (QED) is 0.213. The average Bonchev–Trinajstić information content (AvgIpc) is 2.22. The Hall–Kier alpha value is -0.810. The third-order valence-electron chi connectivity index (χ3n) is 3.00. The highest BCUT2D eigenvalue weighted by atomic mass is 16.3. The van der Waals surface area contributed by atoms with Crippen molar-refractivity contribution < 1.29 is 5.11 Å². The zero-order chi connectivity index (χ0) is 10.6. The van der Waals surface area contributed by atoms with Crippen molar-refractivity contribution in [3.63, 3.8) is 0 Å². The minimum absolute atomic E-state index is 0.0437. The van der Waals surface area contributed by atoms with Crippen LogP contribution in [-0.4, -0.2) is 23.2 Å². The van der Waals surface area contributed by atoms with Crippen LogP contribution < -0.4 is 17.0 Å². The lowest BCUT2D eigenvalue weighted by molar-refractivity contribution is 0.141. The predicted octanol–water partition coefficient (Wildman–Crippen LogP) is -0.294. The second-order valence-electron chi connectivity index (χ2n) is 4.21. The van der Waals surface area contributed by atoms with Crippen molar-refractivity contribution in [1.82, 2.24) is 5.43 Å². The Bertz CT molecular complexity index is 209. The second-order valence-corrected chi connectivity index (χ2v) is 4.21. The van der Waals surface area contributed by atoms with Crippen molar-refractivity contribution in [3.8, 4) is 0 Å². The van der Waals surface area contributed by atoms with Gasteiger partial charge in [-0.3, -0.25) is 5.43 Å². The fourth-order valence-corrected chi connectivity index (χ4v) is 1.89. The Kier molecular flexibility index (Phi) is 3.71. The number of aliphatic hydroxyl groups excluding tert-OH is 1. The molecule has 0 atom stereocenters. The third kappa shape index (κ3) is 2.59. The molecule has 1 rings (SSSR count). The molecule has 6 N–H and O–H groups in total. The monoisotopic (exact) mass is 200 g/mol. The van der Waals surface area contributed by atoms with Crippen LogP contribution in [0.15, 0.2) is 4.99 Å². The van der Waals surface area contributed by atoms with Crippen molar-refractivity contribution in [2.75, 3.05) is 6.61 Å². The van der Waals surface area contributed by atoms with Crippen molar-refractivity contribution in [1.29, 1.82) is 0 Å². The fourth-order valence-electron chi connectivity index (χ4n) is 1.89. The van der Waals surface area contributed by atoms with Crippen LogP contribution in [0.25, 0.3) is 0 Å². The van der Waals surface area contributed by atoms with Gasteiger partial charge < -0.3 is 10.8 Å². The van der Waals surface area contributed by atoms with E-state index in [0.717, 1.165) is 31.6 Å². The van der Waals surface area contributed by atoms with Crippen LogP contribution in [-0.2, 0) is 0 Å². The van der Waals surface area contributed by atoms with Gasteiger partial charge in [-0.2, -0.15) is 0 Å². The number of hydrogen-bond acceptors (Lipinski definition) is 3. The van der Waals surface area contributed by atoms with Gasteiger partial charge in [0.2, 0.25) is 5.96 Å². The molecule has 0 bridgehead atoms. The number of hydrogen-bond donors (Lipinski definition) is 4. The lowest BCUT2D eigenvalue weighted by Crippen LogP contribution is -2.43. The number of hydrazine groups is 1. The Labute approximate surface area is 84.5 Å². The van der Waals surface area contributed by atoms with E-state index in [1.54, 1.807) is 0 Å². The molecule has 14 heavy (non-hydrogen) atoms. The predicted molar refractivity (Wildman–Crippen MR) is 56.4 cm³/mol. The molecule has 5 nitrogen and oxygen atoms in total. The number of rotatable bonds is 2. The molecule has 0 aromatic carbocycles. The standard InChI is InChI=1S/C9H20N4O/c1-7-2-4-9(6-14,5-3-7)12-8(10)13-11/h7,14H,2-6,11H2,1H3,(H3,10,12,13). The molecule has 82 valence electrons. The zero-order valence-electron chi connectivity index (χ0n) is 8.66. The number of aliphatic imine (C=N–C) groups is 1. The first-order chi connectivity index (χ1) is 6.62. The highest BCUT2D eigenvalue weighted by Crippen LogP contribution is 2.34. The summed E-state index contributed by atoms with van der Waals surface area (Å²) in [5.41, 5.74) is 7.40. The lowest BCUT2D eigenvalue weighted by Gasteiger charge is -2.34. The lowest BCUT2D eigenvalue weighted by atomic mass is 9.78. The van der Waals surface area contributed by atoms with E-state index in [2.05, 4.69) is 17.3 Å². The highest BCUT2D eigenvalue weighted by Gasteiger charge is 2.33. The topological polar surface area (TPSA) is 96.7 Å². The Morgan fingerprint density at radius 1 is 1.57 bits per heavy atom. The molecule has 0 aromatic rings. The van der Waals surface area contributed by atoms with Crippen molar-refractivity contribution in [2.24, 2.45) is 22.5 Å². The first kappa shape index (κ1) is 11.3. The molecular formula is C9H20N4O. The summed E-state index contributed by atoms with van der Waals surface area (Å²) in [4.78, 5) is 4.25. The van der Waals surface area contributed by atoms with Gasteiger partial charge in [0, 0.05) is 0 Å². The zero-order valence-corrected chi connectivity index (χ0v) is 8.66. The normalized spacial score (nSPS) is 34.2. The molecule has 0 radical (unpaired) electrons. The second kappa shape index (κ2) is 4.61. The number of nitrogens with two attached hydrogens (primary N) is 2. The minimum Gasteiger partial charge on any atom is -0.394 e. The van der Waals surface area contributed by atoms with E-state index in [1.165, 1.54) is 0 Å². The molecule has 0 saturated heterocycles. The maximum Gasteiger partial charge on any atom is 0.203 e. The molecule has 0 aliphatic heterocycles. The van der Waals surface area contributed by atoms with Gasteiger partial charge in [0.15, 0.2) is 0 Å². The van der Waals surface area contributed by atoms with Gasteiger partial charge in [0.05, 0.1) is 12.1 Å². The summed E-state index contributed by atoms with van der Waals surface area (Å²) >= 11 is 0. The number of guanidine groups is 1. The first-order valence-electron chi connectivity index (χ1n) is 5.05. The van der Waals surface area contributed by atoms with E-state index in [0.29, 0.717) is 0 Å². The molecule has 0 amide bonds. The first-order valence-corrected chi connectivity index (χ1v) is 5.05. The van der Waals surface area contributed by atoms with E-state index >= 15 is 0 Å². The maximum absolute atomic E-state index is 9.34. The molecule has 0 spiro atoms. The van der Waals surface area contributed by atoms with E-state index < -0.39 is 5.54 Å². The smallest absolute Gasteiger partial charge is 0.203 e. The molecule has 0 aromatic heterocycles. The molecular weight excluding hydrogens is 180 g/mol. The van der Waals surface area contributed by atoms with E-state index in [1.807, 2.05) is 0 Å². The van der Waals surface area contributed by atoms with Crippen LogP contribution in [0.1, 0.15) is 32.6 Å². The van der Waals surface area contributed by atoms with Crippen molar-refractivity contribution >= 4 is 5.96 Å². The van der Waals surface area contributed by atoms with Gasteiger partial charge in [-0.1, -0.05) is 6.92 Å². The Balaban J connectivity index is 2.67. The summed E-state index contributed by atoms with van der Waals surface area (Å²) in [7, 11) is 0. The summed E-state index contributed by atoms with van der Waals surface area (Å²) in [6.07, 6.45) is 3.93. The van der Waals surface area contributed by atoms with Gasteiger partial charge in [-0.05, 0) is 31.6 Å². The number of nitrogens with zero attached hydrogens (tertiary/aromatic N) is 1. The van der Waals surface area contributed by atoms with Crippen LogP contribution in [0.4, 0.5) is 0 Å². The van der Waals surface area contributed by atoms with Crippen LogP contribution in [0, 0.1) is 5.92 Å².